The fourth-order valence-corrected chi connectivity index (χ4v) is 2.63. The van der Waals surface area contributed by atoms with Crippen molar-refractivity contribution in [1.29, 1.82) is 0 Å². The van der Waals surface area contributed by atoms with Crippen LogP contribution in [-0.4, -0.2) is 27.4 Å². The van der Waals surface area contributed by atoms with Crippen LogP contribution in [0.1, 0.15) is 15.9 Å². The average molecular weight is 350 g/mol. The second-order valence-corrected chi connectivity index (χ2v) is 5.80. The third-order valence-corrected chi connectivity index (χ3v) is 3.97. The molecule has 0 fully saturated rings. The number of aromatic amines is 1. The number of nitrogens with zero attached hydrogens (tertiary/aromatic N) is 1. The Morgan fingerprint density at radius 3 is 2.54 bits per heavy atom. The summed E-state index contributed by atoms with van der Waals surface area (Å²) in [6.45, 7) is 0. The van der Waals surface area contributed by atoms with Crippen molar-refractivity contribution in [3.63, 3.8) is 0 Å². The van der Waals surface area contributed by atoms with Gasteiger partial charge in [-0.25, -0.2) is 4.79 Å². The van der Waals surface area contributed by atoms with Crippen LogP contribution in [0.3, 0.4) is 0 Å². The number of carbonyl (C=O) groups is 2. The summed E-state index contributed by atoms with van der Waals surface area (Å²) in [7, 11) is 0. The molecule has 0 aliphatic rings. The fraction of sp³-hybridized carbons (Fsp3) is 0.105. The van der Waals surface area contributed by atoms with Gasteiger partial charge in [0.1, 0.15) is 6.04 Å². The lowest BCUT2D eigenvalue weighted by Crippen LogP contribution is -2.45. The first-order chi connectivity index (χ1) is 12.5. The summed E-state index contributed by atoms with van der Waals surface area (Å²) in [6, 6.07) is 15.0. The van der Waals surface area contributed by atoms with Crippen molar-refractivity contribution in [2.45, 2.75) is 12.5 Å². The summed E-state index contributed by atoms with van der Waals surface area (Å²) in [6.07, 6.45) is 3.39. The summed E-state index contributed by atoms with van der Waals surface area (Å²) in [4.78, 5) is 38.5. The number of nitrogens with one attached hydrogen (secondary N) is 2. The summed E-state index contributed by atoms with van der Waals surface area (Å²) < 4.78 is 1.38. The summed E-state index contributed by atoms with van der Waals surface area (Å²) in [5, 5.41) is 2.66. The second kappa shape index (κ2) is 7.52. The monoisotopic (exact) mass is 350 g/mol. The summed E-state index contributed by atoms with van der Waals surface area (Å²) in [5.74, 6) is -1.05. The molecule has 3 rings (SSSR count). The Kier molecular flexibility index (Phi) is 4.98. The number of hydrogen-bond donors (Lipinski definition) is 3. The maximum Gasteiger partial charge on any atom is 0.330 e. The number of imidazole rings is 1. The molecule has 7 nitrogen and oxygen atoms in total. The van der Waals surface area contributed by atoms with Gasteiger partial charge in [0.25, 0.3) is 5.91 Å². The van der Waals surface area contributed by atoms with E-state index in [0.717, 1.165) is 5.56 Å². The third-order valence-electron chi connectivity index (χ3n) is 3.97. The minimum Gasteiger partial charge on any atom is -0.368 e. The van der Waals surface area contributed by atoms with Crippen LogP contribution in [0.2, 0.25) is 0 Å². The molecule has 4 N–H and O–H groups in total. The van der Waals surface area contributed by atoms with E-state index in [4.69, 9.17) is 5.73 Å². The van der Waals surface area contributed by atoms with Crippen LogP contribution in [-0.2, 0) is 11.2 Å². The molecule has 3 aromatic rings. The molecule has 132 valence electrons. The molecule has 1 aromatic heterocycles. The van der Waals surface area contributed by atoms with Gasteiger partial charge in [-0.3, -0.25) is 14.2 Å². The van der Waals surface area contributed by atoms with E-state index < -0.39 is 17.9 Å². The van der Waals surface area contributed by atoms with Gasteiger partial charge in [-0.1, -0.05) is 36.4 Å². The van der Waals surface area contributed by atoms with Gasteiger partial charge in [0.2, 0.25) is 5.91 Å². The van der Waals surface area contributed by atoms with Gasteiger partial charge in [-0.15, -0.1) is 0 Å². The number of nitrogens with two attached hydrogens (primary N) is 1. The molecule has 26 heavy (non-hydrogen) atoms. The van der Waals surface area contributed by atoms with Crippen LogP contribution in [0.4, 0.5) is 0 Å². The number of carbonyl (C=O) groups excluding carboxylic acids is 2. The first-order valence-electron chi connectivity index (χ1n) is 8.05. The fourth-order valence-electron chi connectivity index (χ4n) is 2.63. The van der Waals surface area contributed by atoms with E-state index in [1.165, 1.54) is 10.8 Å². The number of aromatic nitrogens is 2. The van der Waals surface area contributed by atoms with E-state index >= 15 is 0 Å². The molecular weight excluding hydrogens is 332 g/mol. The molecule has 2 aromatic carbocycles. The van der Waals surface area contributed by atoms with Crippen LogP contribution in [0.5, 0.6) is 0 Å². The summed E-state index contributed by atoms with van der Waals surface area (Å²) >= 11 is 0. The highest BCUT2D eigenvalue weighted by Gasteiger charge is 2.19. The zero-order valence-corrected chi connectivity index (χ0v) is 13.9. The van der Waals surface area contributed by atoms with E-state index in [1.54, 1.807) is 30.5 Å². The maximum atomic E-state index is 12.5. The number of hydrogen-bond acceptors (Lipinski definition) is 3. The van der Waals surface area contributed by atoms with Crippen molar-refractivity contribution in [3.8, 4) is 5.69 Å². The van der Waals surface area contributed by atoms with E-state index in [2.05, 4.69) is 10.3 Å². The van der Waals surface area contributed by atoms with Crippen molar-refractivity contribution < 1.29 is 9.59 Å². The molecule has 0 bridgehead atoms. The lowest BCUT2D eigenvalue weighted by atomic mass is 10.0. The molecule has 7 heteroatoms. The van der Waals surface area contributed by atoms with Crippen molar-refractivity contribution in [2.24, 2.45) is 5.73 Å². The van der Waals surface area contributed by atoms with Crippen LogP contribution >= 0.6 is 0 Å². The van der Waals surface area contributed by atoms with E-state index in [1.807, 2.05) is 30.3 Å². The zero-order chi connectivity index (χ0) is 18.5. The SMILES string of the molecule is NC(=O)C(Cc1ccccc1)NC(=O)c1cccc(-n2cc[nH]c2=O)c1. The van der Waals surface area contributed by atoms with Crippen molar-refractivity contribution in [3.05, 3.63) is 88.6 Å². The van der Waals surface area contributed by atoms with Crippen LogP contribution < -0.4 is 16.7 Å². The van der Waals surface area contributed by atoms with Crippen molar-refractivity contribution in [2.75, 3.05) is 0 Å². The average Bonchev–Trinajstić information content (AvgIpc) is 3.08. The number of rotatable bonds is 6. The minimum atomic E-state index is -0.830. The van der Waals surface area contributed by atoms with Gasteiger partial charge < -0.3 is 16.0 Å². The van der Waals surface area contributed by atoms with Gasteiger partial charge in [0.15, 0.2) is 0 Å². The van der Waals surface area contributed by atoms with Crippen LogP contribution in [0.25, 0.3) is 5.69 Å². The summed E-state index contributed by atoms with van der Waals surface area (Å²) in [5.41, 5.74) is 6.90. The molecule has 2 amide bonds. The molecular formula is C19H18N4O3. The Morgan fingerprint density at radius 1 is 1.12 bits per heavy atom. The topological polar surface area (TPSA) is 110 Å². The highest BCUT2D eigenvalue weighted by Crippen LogP contribution is 2.10. The van der Waals surface area contributed by atoms with Gasteiger partial charge in [0.05, 0.1) is 5.69 Å². The molecule has 0 aliphatic carbocycles. The number of primary amides is 1. The normalized spacial score (nSPS) is 11.7. The minimum absolute atomic E-state index is 0.304. The Morgan fingerprint density at radius 2 is 1.88 bits per heavy atom. The number of benzene rings is 2. The van der Waals surface area contributed by atoms with Gasteiger partial charge >= 0.3 is 5.69 Å². The Bertz CT molecular complexity index is 975. The lowest BCUT2D eigenvalue weighted by molar-refractivity contribution is -0.119. The molecule has 0 saturated heterocycles. The van der Waals surface area contributed by atoms with Crippen LogP contribution in [0.15, 0.2) is 71.8 Å². The predicted molar refractivity (Wildman–Crippen MR) is 97.0 cm³/mol. The first kappa shape index (κ1) is 17.2. The van der Waals surface area contributed by atoms with Gasteiger partial charge in [0, 0.05) is 24.4 Å². The molecule has 1 unspecified atom stereocenters. The van der Waals surface area contributed by atoms with Gasteiger partial charge in [-0.05, 0) is 23.8 Å². The molecule has 1 atom stereocenters. The third kappa shape index (κ3) is 3.89. The highest BCUT2D eigenvalue weighted by molar-refractivity contribution is 5.97. The largest absolute Gasteiger partial charge is 0.368 e. The molecule has 1 heterocycles. The standard InChI is InChI=1S/C19H18N4O3/c20-17(24)16(11-13-5-2-1-3-6-13)22-18(25)14-7-4-8-15(12-14)23-10-9-21-19(23)26/h1-10,12,16H,11H2,(H2,20,24)(H,21,26)(H,22,25). The smallest absolute Gasteiger partial charge is 0.330 e. The number of H-pyrrole nitrogens is 1. The Labute approximate surface area is 149 Å². The molecule has 0 spiro atoms. The van der Waals surface area contributed by atoms with Crippen LogP contribution in [0, 0.1) is 0 Å². The predicted octanol–water partition coefficient (Wildman–Crippen LogP) is 0.992. The molecule has 0 aliphatic heterocycles. The molecule has 0 radical (unpaired) electrons. The highest BCUT2D eigenvalue weighted by atomic mass is 16.2. The zero-order valence-electron chi connectivity index (χ0n) is 13.9. The Hall–Kier alpha value is -3.61. The quantitative estimate of drug-likeness (QED) is 0.616. The van der Waals surface area contributed by atoms with E-state index in [-0.39, 0.29) is 5.69 Å². The molecule has 0 saturated carbocycles. The van der Waals surface area contributed by atoms with Gasteiger partial charge in [-0.2, -0.15) is 0 Å². The van der Waals surface area contributed by atoms with E-state index in [0.29, 0.717) is 17.7 Å². The maximum absolute atomic E-state index is 12.5. The lowest BCUT2D eigenvalue weighted by Gasteiger charge is -2.16. The number of amides is 2. The first-order valence-corrected chi connectivity index (χ1v) is 8.05. The van der Waals surface area contributed by atoms with Crippen molar-refractivity contribution >= 4 is 11.8 Å². The second-order valence-electron chi connectivity index (χ2n) is 5.80. The van der Waals surface area contributed by atoms with E-state index in [9.17, 15) is 14.4 Å². The Balaban J connectivity index is 1.79. The van der Waals surface area contributed by atoms with Crippen molar-refractivity contribution in [1.82, 2.24) is 14.9 Å².